The number of nitrogens with zero attached hydrogens (tertiary/aromatic N) is 3. The summed E-state index contributed by atoms with van der Waals surface area (Å²) in [5, 5.41) is 15.5. The molecule has 3 aromatic rings. The lowest BCUT2D eigenvalue weighted by Gasteiger charge is -2.48. The van der Waals surface area contributed by atoms with Crippen LogP contribution in [0.2, 0.25) is 0 Å². The Balaban J connectivity index is 1.57. The number of hydrogen-bond acceptors (Lipinski definition) is 14. The number of aliphatic hydroxyl groups is 1. The van der Waals surface area contributed by atoms with E-state index in [2.05, 4.69) is 10.0 Å². The normalized spacial score (nSPS) is 28.2. The molecular weight excluding hydrogens is 694 g/mol. The number of ether oxygens (including phenoxy) is 9. The predicted octanol–water partition coefficient (Wildman–Crippen LogP) is 3.64. The van der Waals surface area contributed by atoms with Crippen molar-refractivity contribution in [2.75, 3.05) is 20.8 Å². The molecule has 16 heteroatoms. The molecule has 10 atom stereocenters. The summed E-state index contributed by atoms with van der Waals surface area (Å²) in [6.45, 7) is 0.760. The second-order valence-electron chi connectivity index (χ2n) is 12.1. The van der Waals surface area contributed by atoms with Gasteiger partial charge in [0.15, 0.2) is 24.8 Å². The first-order valence-electron chi connectivity index (χ1n) is 16.7. The van der Waals surface area contributed by atoms with Crippen molar-refractivity contribution in [2.24, 2.45) is 5.11 Å². The summed E-state index contributed by atoms with van der Waals surface area (Å²) >= 11 is 0. The maximum absolute atomic E-state index is 13.6. The molecule has 0 bridgehead atoms. The maximum Gasteiger partial charge on any atom is 0.338 e. The Morgan fingerprint density at radius 3 is 1.92 bits per heavy atom. The molecule has 3 aromatic carbocycles. The molecule has 0 saturated carbocycles. The van der Waals surface area contributed by atoms with Gasteiger partial charge in [-0.05, 0) is 28.8 Å². The van der Waals surface area contributed by atoms with E-state index in [1.54, 1.807) is 42.5 Å². The molecule has 16 nitrogen and oxygen atoms in total. The van der Waals surface area contributed by atoms with E-state index in [0.29, 0.717) is 5.56 Å². The van der Waals surface area contributed by atoms with Gasteiger partial charge in [-0.15, -0.1) is 0 Å². The Kier molecular flexibility index (Phi) is 14.3. The number of carbonyl (C=O) groups is 3. The van der Waals surface area contributed by atoms with Crippen molar-refractivity contribution in [3.8, 4) is 0 Å². The smallest absolute Gasteiger partial charge is 0.338 e. The summed E-state index contributed by atoms with van der Waals surface area (Å²) in [6, 6.07) is 25.0. The highest BCUT2D eigenvalue weighted by Crippen LogP contribution is 2.35. The first-order valence-corrected chi connectivity index (χ1v) is 16.7. The summed E-state index contributed by atoms with van der Waals surface area (Å²) in [7, 11) is 2.45. The van der Waals surface area contributed by atoms with Crippen LogP contribution in [-0.4, -0.2) is 105 Å². The van der Waals surface area contributed by atoms with Gasteiger partial charge in [-0.25, -0.2) is 9.59 Å². The zero-order chi connectivity index (χ0) is 37.7. The van der Waals surface area contributed by atoms with Crippen LogP contribution in [-0.2, 0) is 65.4 Å². The standard InChI is InChI=1S/C37H41N3O13/c1-22(41)47-21-26-29(30(27(39-40-38)36(46-3)50-26)48-19-23-13-7-4-8-14-23)52-37-33(51-34(43)25-17-11-6-12-18-25)31(28(42)32(53-37)35(44)45-2)49-20-24-15-9-5-10-16-24/h4-18,26-33,36-37,42H,19-21H2,1-3H3/t26?,27?,28-,29+,30?,31?,32?,33?,36-,37+/m0/s1. The van der Waals surface area contributed by atoms with Crippen molar-refractivity contribution in [2.45, 2.75) is 81.5 Å². The fraction of sp³-hybridized carbons (Fsp3) is 0.432. The van der Waals surface area contributed by atoms with Crippen LogP contribution < -0.4 is 0 Å². The van der Waals surface area contributed by atoms with E-state index in [1.807, 2.05) is 36.4 Å². The molecule has 0 spiro atoms. The van der Waals surface area contributed by atoms with Crippen molar-refractivity contribution in [1.82, 2.24) is 0 Å². The summed E-state index contributed by atoms with van der Waals surface area (Å²) in [4.78, 5) is 41.6. The SMILES string of the molecule is COC(=O)C1O[C@@H](O[C@@H]2C(COC(C)=O)O[C@H](OC)C(N=[N+]=[N-])C2OCc2ccccc2)C(OC(=O)c2ccccc2)C(OCc2ccccc2)[C@@H]1O. The molecule has 2 saturated heterocycles. The Morgan fingerprint density at radius 1 is 0.792 bits per heavy atom. The number of methoxy groups -OCH3 is 2. The fourth-order valence-corrected chi connectivity index (χ4v) is 5.97. The number of hydrogen-bond donors (Lipinski definition) is 1. The van der Waals surface area contributed by atoms with Gasteiger partial charge < -0.3 is 47.7 Å². The topological polar surface area (TPSA) is 203 Å². The average molecular weight is 736 g/mol. The van der Waals surface area contributed by atoms with Crippen molar-refractivity contribution in [3.05, 3.63) is 118 Å². The van der Waals surface area contributed by atoms with Crippen LogP contribution in [0.25, 0.3) is 10.4 Å². The van der Waals surface area contributed by atoms with E-state index in [1.165, 1.54) is 26.2 Å². The molecule has 0 amide bonds. The van der Waals surface area contributed by atoms with Crippen LogP contribution in [0.15, 0.2) is 96.1 Å². The Labute approximate surface area is 305 Å². The van der Waals surface area contributed by atoms with Crippen LogP contribution in [0, 0.1) is 0 Å². The van der Waals surface area contributed by atoms with Crippen LogP contribution >= 0.6 is 0 Å². The summed E-state index contributed by atoms with van der Waals surface area (Å²) in [6.07, 6.45) is -12.9. The predicted molar refractivity (Wildman–Crippen MR) is 182 cm³/mol. The number of carbonyl (C=O) groups excluding carboxylic acids is 3. The average Bonchev–Trinajstić information content (AvgIpc) is 3.18. The minimum Gasteiger partial charge on any atom is -0.467 e. The third-order valence-corrected chi connectivity index (χ3v) is 8.55. The minimum atomic E-state index is -1.71. The minimum absolute atomic E-state index is 0.00376. The van der Waals surface area contributed by atoms with Gasteiger partial charge in [-0.1, -0.05) is 84.0 Å². The molecule has 282 valence electrons. The molecule has 1 N–H and O–H groups in total. The van der Waals surface area contributed by atoms with E-state index in [9.17, 15) is 25.0 Å². The van der Waals surface area contributed by atoms with E-state index in [4.69, 9.17) is 42.6 Å². The van der Waals surface area contributed by atoms with Gasteiger partial charge in [0.2, 0.25) is 0 Å². The quantitative estimate of drug-likeness (QED) is 0.0780. The van der Waals surface area contributed by atoms with E-state index in [-0.39, 0.29) is 25.4 Å². The van der Waals surface area contributed by atoms with Gasteiger partial charge in [0, 0.05) is 18.9 Å². The second-order valence-corrected chi connectivity index (χ2v) is 12.1. The summed E-state index contributed by atoms with van der Waals surface area (Å²) < 4.78 is 53.1. The van der Waals surface area contributed by atoms with Gasteiger partial charge in [0.25, 0.3) is 0 Å². The van der Waals surface area contributed by atoms with Gasteiger partial charge in [0.05, 0.1) is 25.9 Å². The van der Waals surface area contributed by atoms with Gasteiger partial charge in [-0.3, -0.25) is 4.79 Å². The Morgan fingerprint density at radius 2 is 1.38 bits per heavy atom. The molecule has 2 heterocycles. The number of aliphatic hydroxyl groups excluding tert-OH is 1. The second kappa shape index (κ2) is 19.3. The highest BCUT2D eigenvalue weighted by atomic mass is 16.8. The van der Waals surface area contributed by atoms with Gasteiger partial charge in [0.1, 0.15) is 43.2 Å². The lowest BCUT2D eigenvalue weighted by molar-refractivity contribution is -0.347. The maximum atomic E-state index is 13.6. The first-order chi connectivity index (χ1) is 25.7. The third kappa shape index (κ3) is 10.2. The molecule has 5 rings (SSSR count). The van der Waals surface area contributed by atoms with Crippen molar-refractivity contribution in [3.63, 3.8) is 0 Å². The molecule has 0 radical (unpaired) electrons. The Hall–Kier alpha value is -4.90. The largest absolute Gasteiger partial charge is 0.467 e. The van der Waals surface area contributed by atoms with Crippen LogP contribution in [0.5, 0.6) is 0 Å². The van der Waals surface area contributed by atoms with Crippen molar-refractivity contribution in [1.29, 1.82) is 0 Å². The molecular formula is C37H41N3O13. The number of esters is 3. The summed E-state index contributed by atoms with van der Waals surface area (Å²) in [5.74, 6) is -2.41. The first kappa shape index (κ1) is 39.3. The molecule has 0 aromatic heterocycles. The van der Waals surface area contributed by atoms with Gasteiger partial charge in [-0.2, -0.15) is 0 Å². The fourth-order valence-electron chi connectivity index (χ4n) is 5.97. The number of rotatable bonds is 15. The van der Waals surface area contributed by atoms with Crippen molar-refractivity contribution >= 4 is 17.9 Å². The third-order valence-electron chi connectivity index (χ3n) is 8.55. The van der Waals surface area contributed by atoms with Crippen LogP contribution in [0.1, 0.15) is 28.4 Å². The van der Waals surface area contributed by atoms with Crippen LogP contribution in [0.3, 0.4) is 0 Å². The lowest BCUT2D eigenvalue weighted by Crippen LogP contribution is -2.66. The zero-order valence-corrected chi connectivity index (χ0v) is 29.2. The zero-order valence-electron chi connectivity index (χ0n) is 29.2. The lowest BCUT2D eigenvalue weighted by atomic mass is 9.95. The highest BCUT2D eigenvalue weighted by Gasteiger charge is 2.56. The van der Waals surface area contributed by atoms with E-state index in [0.717, 1.165) is 12.7 Å². The molecule has 2 aliphatic rings. The Bertz CT molecular complexity index is 1680. The van der Waals surface area contributed by atoms with E-state index >= 15 is 0 Å². The van der Waals surface area contributed by atoms with Crippen LogP contribution in [0.4, 0.5) is 0 Å². The number of benzene rings is 3. The molecule has 2 fully saturated rings. The number of azide groups is 1. The molecule has 2 aliphatic heterocycles. The highest BCUT2D eigenvalue weighted by molar-refractivity contribution is 5.89. The molecule has 0 aliphatic carbocycles. The van der Waals surface area contributed by atoms with E-state index < -0.39 is 79.3 Å². The van der Waals surface area contributed by atoms with Crippen molar-refractivity contribution < 1.29 is 62.1 Å². The monoisotopic (exact) mass is 735 g/mol. The molecule has 53 heavy (non-hydrogen) atoms. The summed E-state index contributed by atoms with van der Waals surface area (Å²) in [5.41, 5.74) is 11.2. The van der Waals surface area contributed by atoms with Gasteiger partial charge >= 0.3 is 17.9 Å². The molecule has 6 unspecified atom stereocenters.